The van der Waals surface area contributed by atoms with Gasteiger partial charge in [0.2, 0.25) is 0 Å². The van der Waals surface area contributed by atoms with E-state index in [1.165, 1.54) is 14.2 Å². The van der Waals surface area contributed by atoms with Crippen molar-refractivity contribution in [1.29, 1.82) is 0 Å². The Bertz CT molecular complexity index is 809. The van der Waals surface area contributed by atoms with Gasteiger partial charge in [-0.3, -0.25) is 10.1 Å². The van der Waals surface area contributed by atoms with Crippen molar-refractivity contribution in [2.24, 2.45) is 0 Å². The number of anilines is 2. The third-order valence-electron chi connectivity index (χ3n) is 3.61. The Morgan fingerprint density at radius 2 is 1.68 bits per heavy atom. The lowest BCUT2D eigenvalue weighted by molar-refractivity contribution is 0.102. The van der Waals surface area contributed by atoms with E-state index in [2.05, 4.69) is 10.6 Å². The summed E-state index contributed by atoms with van der Waals surface area (Å²) in [6.07, 6.45) is -0.600. The van der Waals surface area contributed by atoms with Gasteiger partial charge in [-0.25, -0.2) is 4.79 Å². The molecule has 2 amide bonds. The van der Waals surface area contributed by atoms with E-state index in [4.69, 9.17) is 18.9 Å². The summed E-state index contributed by atoms with van der Waals surface area (Å²) in [5.41, 5.74) is 1.43. The molecule has 8 heteroatoms. The largest absolute Gasteiger partial charge is 0.493 e. The average Bonchev–Trinajstić information content (AvgIpc) is 2.68. The van der Waals surface area contributed by atoms with E-state index in [9.17, 15) is 9.59 Å². The standard InChI is InChI=1S/C20H24N2O6/c1-4-27-18-12-14(8-9-17(18)26-3)19(23)21-15-6-5-7-16(13-15)22-20(24)28-11-10-25-2/h5-9,12-13H,4,10-11H2,1-3H3,(H,21,23)(H,22,24). The Hall–Kier alpha value is -3.26. The number of amides is 2. The minimum atomic E-state index is -0.600. The molecule has 2 aromatic carbocycles. The third-order valence-corrected chi connectivity index (χ3v) is 3.61. The maximum atomic E-state index is 12.5. The van der Waals surface area contributed by atoms with Crippen molar-refractivity contribution in [3.8, 4) is 11.5 Å². The molecule has 0 fully saturated rings. The van der Waals surface area contributed by atoms with Gasteiger partial charge in [-0.05, 0) is 43.3 Å². The summed E-state index contributed by atoms with van der Waals surface area (Å²) in [6.45, 7) is 2.77. The van der Waals surface area contributed by atoms with E-state index >= 15 is 0 Å². The zero-order valence-electron chi connectivity index (χ0n) is 16.1. The molecule has 0 aliphatic carbocycles. The summed E-state index contributed by atoms with van der Waals surface area (Å²) in [4.78, 5) is 24.2. The Kier molecular flexibility index (Phi) is 8.11. The molecule has 0 aliphatic rings. The van der Waals surface area contributed by atoms with Crippen molar-refractivity contribution in [2.75, 3.05) is 44.7 Å². The molecule has 0 bridgehead atoms. The zero-order valence-corrected chi connectivity index (χ0v) is 16.1. The molecule has 0 aromatic heterocycles. The maximum Gasteiger partial charge on any atom is 0.411 e. The van der Waals surface area contributed by atoms with Crippen LogP contribution in [0, 0.1) is 0 Å². The summed E-state index contributed by atoms with van der Waals surface area (Å²) >= 11 is 0. The predicted molar refractivity (Wildman–Crippen MR) is 105 cm³/mol. The first-order valence-electron chi connectivity index (χ1n) is 8.72. The van der Waals surface area contributed by atoms with E-state index in [0.717, 1.165) is 0 Å². The van der Waals surface area contributed by atoms with Crippen molar-refractivity contribution >= 4 is 23.4 Å². The van der Waals surface area contributed by atoms with Crippen LogP contribution in [0.1, 0.15) is 17.3 Å². The Balaban J connectivity index is 2.04. The van der Waals surface area contributed by atoms with Crippen LogP contribution in [-0.2, 0) is 9.47 Å². The van der Waals surface area contributed by atoms with Crippen LogP contribution in [0.4, 0.5) is 16.2 Å². The number of carbonyl (C=O) groups excluding carboxylic acids is 2. The molecule has 0 aliphatic heterocycles. The van der Waals surface area contributed by atoms with E-state index in [0.29, 0.717) is 41.7 Å². The fraction of sp³-hybridized carbons (Fsp3) is 0.300. The maximum absolute atomic E-state index is 12.5. The highest BCUT2D eigenvalue weighted by Crippen LogP contribution is 2.28. The topological polar surface area (TPSA) is 95.1 Å². The quantitative estimate of drug-likeness (QED) is 0.638. The lowest BCUT2D eigenvalue weighted by Gasteiger charge is -2.12. The predicted octanol–water partition coefficient (Wildman–Crippen LogP) is 3.54. The number of methoxy groups -OCH3 is 2. The molecule has 0 heterocycles. The van der Waals surface area contributed by atoms with E-state index in [1.807, 2.05) is 6.92 Å². The Morgan fingerprint density at radius 3 is 2.36 bits per heavy atom. The minimum absolute atomic E-state index is 0.151. The van der Waals surface area contributed by atoms with Gasteiger partial charge in [0.05, 0.1) is 20.3 Å². The van der Waals surface area contributed by atoms with Gasteiger partial charge < -0.3 is 24.3 Å². The van der Waals surface area contributed by atoms with Gasteiger partial charge in [-0.2, -0.15) is 0 Å². The van der Waals surface area contributed by atoms with Crippen LogP contribution in [0.15, 0.2) is 42.5 Å². The van der Waals surface area contributed by atoms with Gasteiger partial charge in [-0.1, -0.05) is 6.07 Å². The highest BCUT2D eigenvalue weighted by Gasteiger charge is 2.12. The van der Waals surface area contributed by atoms with Gasteiger partial charge in [0.25, 0.3) is 5.91 Å². The molecule has 150 valence electrons. The molecule has 8 nitrogen and oxygen atoms in total. The highest BCUT2D eigenvalue weighted by molar-refractivity contribution is 6.05. The SMILES string of the molecule is CCOc1cc(C(=O)Nc2cccc(NC(=O)OCCOC)c2)ccc1OC. The van der Waals surface area contributed by atoms with Crippen molar-refractivity contribution in [3.63, 3.8) is 0 Å². The normalized spacial score (nSPS) is 10.1. The highest BCUT2D eigenvalue weighted by atomic mass is 16.6. The summed E-state index contributed by atoms with van der Waals surface area (Å²) in [6, 6.07) is 11.7. The second-order valence-corrected chi connectivity index (χ2v) is 5.59. The second kappa shape index (κ2) is 10.8. The van der Waals surface area contributed by atoms with Crippen LogP contribution in [0.3, 0.4) is 0 Å². The smallest absolute Gasteiger partial charge is 0.411 e. The number of hydrogen-bond acceptors (Lipinski definition) is 6. The van der Waals surface area contributed by atoms with Crippen molar-refractivity contribution in [3.05, 3.63) is 48.0 Å². The van der Waals surface area contributed by atoms with E-state index in [1.54, 1.807) is 42.5 Å². The number of hydrogen-bond donors (Lipinski definition) is 2. The number of benzene rings is 2. The van der Waals surface area contributed by atoms with Gasteiger partial charge >= 0.3 is 6.09 Å². The third kappa shape index (κ3) is 6.17. The van der Waals surface area contributed by atoms with Crippen LogP contribution in [-0.4, -0.2) is 46.0 Å². The van der Waals surface area contributed by atoms with Crippen LogP contribution >= 0.6 is 0 Å². The van der Waals surface area contributed by atoms with Gasteiger partial charge in [0.1, 0.15) is 6.61 Å². The Morgan fingerprint density at radius 1 is 0.929 bits per heavy atom. The summed E-state index contributed by atoms with van der Waals surface area (Å²) < 4.78 is 20.5. The molecule has 0 saturated carbocycles. The first kappa shape index (κ1) is 21.0. The molecule has 0 unspecified atom stereocenters. The number of ether oxygens (including phenoxy) is 4. The molecular formula is C20H24N2O6. The van der Waals surface area contributed by atoms with Crippen molar-refractivity contribution in [1.82, 2.24) is 0 Å². The molecule has 28 heavy (non-hydrogen) atoms. The minimum Gasteiger partial charge on any atom is -0.493 e. The molecule has 2 aromatic rings. The summed E-state index contributed by atoms with van der Waals surface area (Å²) in [5.74, 6) is 0.729. The van der Waals surface area contributed by atoms with Crippen LogP contribution in [0.5, 0.6) is 11.5 Å². The average molecular weight is 388 g/mol. The number of carbonyl (C=O) groups is 2. The molecule has 0 atom stereocenters. The first-order chi connectivity index (χ1) is 13.6. The molecule has 0 radical (unpaired) electrons. The fourth-order valence-electron chi connectivity index (χ4n) is 2.34. The van der Waals surface area contributed by atoms with Gasteiger partial charge in [0, 0.05) is 24.0 Å². The molecule has 0 saturated heterocycles. The van der Waals surface area contributed by atoms with Crippen LogP contribution in [0.25, 0.3) is 0 Å². The number of nitrogens with one attached hydrogen (secondary N) is 2. The molecular weight excluding hydrogens is 364 g/mol. The Labute approximate surface area is 163 Å². The van der Waals surface area contributed by atoms with E-state index in [-0.39, 0.29) is 12.5 Å². The second-order valence-electron chi connectivity index (χ2n) is 5.59. The lowest BCUT2D eigenvalue weighted by atomic mass is 10.1. The van der Waals surface area contributed by atoms with Crippen molar-refractivity contribution < 1.29 is 28.5 Å². The van der Waals surface area contributed by atoms with Gasteiger partial charge in [0.15, 0.2) is 11.5 Å². The van der Waals surface area contributed by atoms with Crippen LogP contribution in [0.2, 0.25) is 0 Å². The summed E-state index contributed by atoms with van der Waals surface area (Å²) in [5, 5.41) is 5.37. The summed E-state index contributed by atoms with van der Waals surface area (Å²) in [7, 11) is 3.06. The van der Waals surface area contributed by atoms with E-state index < -0.39 is 6.09 Å². The monoisotopic (exact) mass is 388 g/mol. The molecule has 2 rings (SSSR count). The lowest BCUT2D eigenvalue weighted by Crippen LogP contribution is -2.17. The number of rotatable bonds is 9. The van der Waals surface area contributed by atoms with Crippen LogP contribution < -0.4 is 20.1 Å². The van der Waals surface area contributed by atoms with Crippen molar-refractivity contribution in [2.45, 2.75) is 6.92 Å². The molecule has 2 N–H and O–H groups in total. The zero-order chi connectivity index (χ0) is 20.4. The molecule has 0 spiro atoms. The van der Waals surface area contributed by atoms with Gasteiger partial charge in [-0.15, -0.1) is 0 Å². The fourth-order valence-corrected chi connectivity index (χ4v) is 2.34. The first-order valence-corrected chi connectivity index (χ1v) is 8.72.